The number of nitrogens with zero attached hydrogens (tertiary/aromatic N) is 1. The van der Waals surface area contributed by atoms with Crippen molar-refractivity contribution in [3.8, 4) is 0 Å². The molecule has 1 aliphatic rings. The number of hydrogen-bond donors (Lipinski definition) is 1. The van der Waals surface area contributed by atoms with Gasteiger partial charge in [-0.2, -0.15) is 0 Å². The first-order valence-corrected chi connectivity index (χ1v) is 7.10. The van der Waals surface area contributed by atoms with Gasteiger partial charge in [0.15, 0.2) is 0 Å². The maximum absolute atomic E-state index is 12.0. The van der Waals surface area contributed by atoms with Gasteiger partial charge in [-0.1, -0.05) is 34.1 Å². The molecule has 3 nitrogen and oxygen atoms in total. The van der Waals surface area contributed by atoms with Crippen LogP contribution >= 0.6 is 0 Å². The van der Waals surface area contributed by atoms with E-state index in [4.69, 9.17) is 0 Å². The van der Waals surface area contributed by atoms with Crippen LogP contribution in [0.25, 0.3) is 0 Å². The molecule has 0 radical (unpaired) electrons. The van der Waals surface area contributed by atoms with Crippen LogP contribution in [0.1, 0.15) is 47.0 Å². The maximum atomic E-state index is 12.0. The van der Waals surface area contributed by atoms with E-state index >= 15 is 0 Å². The molecule has 0 unspecified atom stereocenters. The van der Waals surface area contributed by atoms with Gasteiger partial charge in [0.2, 0.25) is 5.91 Å². The summed E-state index contributed by atoms with van der Waals surface area (Å²) in [6.45, 7) is 11.2. The highest BCUT2D eigenvalue weighted by molar-refractivity contribution is 5.78. The number of amides is 1. The van der Waals surface area contributed by atoms with Gasteiger partial charge in [0, 0.05) is 6.04 Å². The van der Waals surface area contributed by atoms with Gasteiger partial charge in [0.1, 0.15) is 0 Å². The third-order valence-corrected chi connectivity index (χ3v) is 4.13. The van der Waals surface area contributed by atoms with Crippen LogP contribution in [0, 0.1) is 11.8 Å². The molecule has 3 heteroatoms. The van der Waals surface area contributed by atoms with Crippen LogP contribution in [-0.4, -0.2) is 36.5 Å². The van der Waals surface area contributed by atoms with E-state index in [1.165, 1.54) is 19.3 Å². The third kappa shape index (κ3) is 4.30. The van der Waals surface area contributed by atoms with Gasteiger partial charge < -0.3 is 5.32 Å². The summed E-state index contributed by atoms with van der Waals surface area (Å²) in [6, 6.07) is 0.381. The molecule has 1 amide bonds. The minimum absolute atomic E-state index is 0.194. The monoisotopic (exact) mass is 240 g/mol. The first-order chi connectivity index (χ1) is 8.08. The van der Waals surface area contributed by atoms with Crippen molar-refractivity contribution in [3.63, 3.8) is 0 Å². The summed E-state index contributed by atoms with van der Waals surface area (Å²) >= 11 is 0. The maximum Gasteiger partial charge on any atom is 0.234 e. The smallest absolute Gasteiger partial charge is 0.234 e. The number of carbonyl (C=O) groups is 1. The lowest BCUT2D eigenvalue weighted by atomic mass is 9.79. The lowest BCUT2D eigenvalue weighted by molar-refractivity contribution is -0.123. The highest BCUT2D eigenvalue weighted by Crippen LogP contribution is 2.28. The summed E-state index contributed by atoms with van der Waals surface area (Å²) in [5.41, 5.74) is 0. The molecular weight excluding hydrogens is 212 g/mol. The fourth-order valence-corrected chi connectivity index (χ4v) is 2.85. The summed E-state index contributed by atoms with van der Waals surface area (Å²) in [4.78, 5) is 14.1. The van der Waals surface area contributed by atoms with Crippen LogP contribution < -0.4 is 5.32 Å². The first kappa shape index (κ1) is 14.5. The fraction of sp³-hybridized carbons (Fsp3) is 0.929. The number of likely N-dealkylation sites (N-methyl/N-ethyl adjacent to an activating group) is 1. The molecule has 0 saturated heterocycles. The zero-order chi connectivity index (χ0) is 12.8. The lowest BCUT2D eigenvalue weighted by Gasteiger charge is -2.35. The molecule has 1 aliphatic carbocycles. The number of rotatable bonds is 5. The zero-order valence-electron chi connectivity index (χ0n) is 11.8. The molecule has 1 rings (SSSR count). The van der Waals surface area contributed by atoms with Crippen molar-refractivity contribution < 1.29 is 4.79 Å². The summed E-state index contributed by atoms with van der Waals surface area (Å²) in [5.74, 6) is 1.44. The van der Waals surface area contributed by atoms with Gasteiger partial charge in [-0.05, 0) is 37.8 Å². The summed E-state index contributed by atoms with van der Waals surface area (Å²) < 4.78 is 0. The Hall–Kier alpha value is -0.570. The van der Waals surface area contributed by atoms with Crippen LogP contribution in [0.3, 0.4) is 0 Å². The summed E-state index contributed by atoms with van der Waals surface area (Å²) in [7, 11) is 0. The van der Waals surface area contributed by atoms with E-state index in [-0.39, 0.29) is 5.91 Å². The van der Waals surface area contributed by atoms with Crippen molar-refractivity contribution in [2.75, 3.05) is 19.6 Å². The number of carbonyl (C=O) groups excluding carboxylic acids is 1. The van der Waals surface area contributed by atoms with Crippen LogP contribution in [0.15, 0.2) is 0 Å². The molecule has 1 fully saturated rings. The van der Waals surface area contributed by atoms with Gasteiger partial charge >= 0.3 is 0 Å². The van der Waals surface area contributed by atoms with E-state index in [0.717, 1.165) is 13.1 Å². The topological polar surface area (TPSA) is 32.3 Å². The van der Waals surface area contributed by atoms with Gasteiger partial charge in [0.25, 0.3) is 0 Å². The quantitative estimate of drug-likeness (QED) is 0.799. The average Bonchev–Trinajstić information content (AvgIpc) is 2.31. The highest BCUT2D eigenvalue weighted by Gasteiger charge is 2.28. The molecule has 0 aromatic heterocycles. The minimum atomic E-state index is 0.194. The standard InChI is InChI=1S/C14H28N2O/c1-5-16(6-2)10-13(17)15-14-11(3)8-7-9-12(14)4/h11-12,14H,5-10H2,1-4H3,(H,15,17)/t11-,12-/m0/s1. The molecule has 1 saturated carbocycles. The van der Waals surface area contributed by atoms with E-state index in [0.29, 0.717) is 24.4 Å². The van der Waals surface area contributed by atoms with Gasteiger partial charge in [0.05, 0.1) is 6.54 Å². The molecule has 17 heavy (non-hydrogen) atoms. The summed E-state index contributed by atoms with van der Waals surface area (Å²) in [6.07, 6.45) is 3.81. The van der Waals surface area contributed by atoms with Crippen molar-refractivity contribution in [2.45, 2.75) is 53.0 Å². The Balaban J connectivity index is 2.43. The second-order valence-electron chi connectivity index (χ2n) is 5.44. The molecule has 0 heterocycles. The second-order valence-corrected chi connectivity index (χ2v) is 5.44. The molecule has 100 valence electrons. The molecular formula is C14H28N2O. The Morgan fingerprint density at radius 3 is 2.18 bits per heavy atom. The molecule has 0 aromatic rings. The van der Waals surface area contributed by atoms with E-state index < -0.39 is 0 Å². The largest absolute Gasteiger partial charge is 0.352 e. The third-order valence-electron chi connectivity index (χ3n) is 4.13. The normalized spacial score (nSPS) is 26.2. The number of nitrogens with one attached hydrogen (secondary N) is 1. The van der Waals surface area contributed by atoms with Crippen LogP contribution in [0.4, 0.5) is 0 Å². The van der Waals surface area contributed by atoms with Crippen LogP contribution in [0.5, 0.6) is 0 Å². The van der Waals surface area contributed by atoms with Crippen LogP contribution in [0.2, 0.25) is 0 Å². The number of hydrogen-bond acceptors (Lipinski definition) is 2. The van der Waals surface area contributed by atoms with Crippen molar-refractivity contribution in [1.29, 1.82) is 0 Å². The molecule has 2 atom stereocenters. The Bertz CT molecular complexity index is 228. The van der Waals surface area contributed by atoms with Gasteiger partial charge in [-0.15, -0.1) is 0 Å². The first-order valence-electron chi connectivity index (χ1n) is 7.10. The van der Waals surface area contributed by atoms with Crippen molar-refractivity contribution >= 4 is 5.91 Å². The molecule has 0 aromatic carbocycles. The summed E-state index contributed by atoms with van der Waals surface area (Å²) in [5, 5.41) is 3.24. The molecule has 0 aliphatic heterocycles. The Morgan fingerprint density at radius 1 is 1.18 bits per heavy atom. The van der Waals surface area contributed by atoms with Gasteiger partial charge in [-0.25, -0.2) is 0 Å². The van der Waals surface area contributed by atoms with Gasteiger partial charge in [-0.3, -0.25) is 9.69 Å². The molecule has 1 N–H and O–H groups in total. The lowest BCUT2D eigenvalue weighted by Crippen LogP contribution is -2.49. The second kappa shape index (κ2) is 7.00. The zero-order valence-corrected chi connectivity index (χ0v) is 11.8. The average molecular weight is 240 g/mol. The Morgan fingerprint density at radius 2 is 1.71 bits per heavy atom. The van der Waals surface area contributed by atoms with Crippen molar-refractivity contribution in [3.05, 3.63) is 0 Å². The minimum Gasteiger partial charge on any atom is -0.352 e. The highest BCUT2D eigenvalue weighted by atomic mass is 16.2. The van der Waals surface area contributed by atoms with Crippen molar-refractivity contribution in [2.24, 2.45) is 11.8 Å². The predicted molar refractivity (Wildman–Crippen MR) is 71.9 cm³/mol. The predicted octanol–water partition coefficient (Wildman–Crippen LogP) is 2.27. The Labute approximate surface area is 106 Å². The molecule has 0 spiro atoms. The SMILES string of the molecule is CCN(CC)CC(=O)NC1[C@@H](C)CCC[C@@H]1C. The van der Waals surface area contributed by atoms with Crippen LogP contribution in [-0.2, 0) is 4.79 Å². The fourth-order valence-electron chi connectivity index (χ4n) is 2.85. The van der Waals surface area contributed by atoms with Crippen molar-refractivity contribution in [1.82, 2.24) is 10.2 Å². The van der Waals surface area contributed by atoms with E-state index in [1.54, 1.807) is 0 Å². The Kier molecular flexibility index (Phi) is 5.96. The van der Waals surface area contributed by atoms with E-state index in [1.807, 2.05) is 0 Å². The van der Waals surface area contributed by atoms with E-state index in [2.05, 4.69) is 37.9 Å². The van der Waals surface area contributed by atoms with E-state index in [9.17, 15) is 4.79 Å². The molecule has 0 bridgehead atoms.